The first kappa shape index (κ1) is 21.2. The number of carbonyl (C=O) groups is 1. The van der Waals surface area contributed by atoms with Crippen LogP contribution in [0, 0.1) is 13.8 Å². The lowest BCUT2D eigenvalue weighted by atomic mass is 10.1. The third kappa shape index (κ3) is 4.08. The highest BCUT2D eigenvalue weighted by Crippen LogP contribution is 2.31. The number of aromatic nitrogens is 4. The fraction of sp³-hybridized carbons (Fsp3) is 0.435. The molecule has 172 valence electrons. The van der Waals surface area contributed by atoms with E-state index in [-0.39, 0.29) is 12.0 Å². The number of hydrogen-bond acceptors (Lipinski definition) is 9. The van der Waals surface area contributed by atoms with E-state index in [0.717, 1.165) is 41.9 Å². The minimum atomic E-state index is -0.131. The average molecular weight is 450 g/mol. The summed E-state index contributed by atoms with van der Waals surface area (Å²) in [4.78, 5) is 30.1. The van der Waals surface area contributed by atoms with Crippen LogP contribution in [0.5, 0.6) is 11.8 Å². The van der Waals surface area contributed by atoms with E-state index in [2.05, 4.69) is 31.1 Å². The van der Waals surface area contributed by atoms with E-state index in [1.807, 2.05) is 13.1 Å². The summed E-state index contributed by atoms with van der Waals surface area (Å²) in [5.41, 5.74) is 5.08. The van der Waals surface area contributed by atoms with Gasteiger partial charge in [0.15, 0.2) is 0 Å². The van der Waals surface area contributed by atoms with Gasteiger partial charge in [0.1, 0.15) is 24.3 Å². The molecule has 1 atom stereocenters. The van der Waals surface area contributed by atoms with E-state index in [4.69, 9.17) is 14.0 Å². The van der Waals surface area contributed by atoms with Crippen LogP contribution >= 0.6 is 0 Å². The van der Waals surface area contributed by atoms with E-state index < -0.39 is 0 Å². The average Bonchev–Trinajstić information content (AvgIpc) is 3.47. The van der Waals surface area contributed by atoms with Crippen LogP contribution in [0.15, 0.2) is 29.4 Å². The van der Waals surface area contributed by atoms with Gasteiger partial charge in [0.2, 0.25) is 11.8 Å². The molecular formula is C23H26N6O4. The Morgan fingerprint density at radius 1 is 1.18 bits per heavy atom. The highest BCUT2D eigenvalue weighted by molar-refractivity contribution is 5.95. The van der Waals surface area contributed by atoms with E-state index in [0.29, 0.717) is 42.7 Å². The Hall–Kier alpha value is -3.69. The lowest BCUT2D eigenvalue weighted by Crippen LogP contribution is -2.33. The topological polar surface area (TPSA) is 107 Å². The van der Waals surface area contributed by atoms with Crippen LogP contribution in [-0.2, 0) is 13.0 Å². The molecule has 5 rings (SSSR count). The number of nitrogens with zero attached hydrogens (tertiary/aromatic N) is 6. The van der Waals surface area contributed by atoms with Crippen LogP contribution < -0.4 is 14.4 Å². The Balaban J connectivity index is 1.30. The molecule has 5 heterocycles. The second-order valence-electron chi connectivity index (χ2n) is 8.39. The molecule has 2 aliphatic rings. The van der Waals surface area contributed by atoms with Crippen molar-refractivity contribution in [2.24, 2.45) is 0 Å². The van der Waals surface area contributed by atoms with Crippen LogP contribution in [0.1, 0.15) is 39.3 Å². The predicted octanol–water partition coefficient (Wildman–Crippen LogP) is 2.34. The third-order valence-electron chi connectivity index (χ3n) is 6.23. The number of pyridine rings is 1. The predicted molar refractivity (Wildman–Crippen MR) is 118 cm³/mol. The van der Waals surface area contributed by atoms with Gasteiger partial charge >= 0.3 is 0 Å². The third-order valence-corrected chi connectivity index (χ3v) is 6.23. The number of carbonyl (C=O) groups excluding carboxylic acids is 1. The van der Waals surface area contributed by atoms with E-state index >= 15 is 0 Å². The van der Waals surface area contributed by atoms with Gasteiger partial charge < -0.3 is 23.8 Å². The molecule has 0 radical (unpaired) electrons. The summed E-state index contributed by atoms with van der Waals surface area (Å²) in [7, 11) is 1.62. The van der Waals surface area contributed by atoms with Crippen molar-refractivity contribution in [3.8, 4) is 11.8 Å². The standard InChI is InChI=1S/C23H26N6O4/c1-14-8-16(9-24-21(14)31-3)28-7-5-20-18(11-28)22(26-13-25-20)33-17-4-6-29(10-17)23(30)19-12-32-27-15(19)2/h8-9,12-13,17H,4-7,10-11H2,1-3H3. The fourth-order valence-corrected chi connectivity index (χ4v) is 4.41. The van der Waals surface area contributed by atoms with Gasteiger partial charge in [0, 0.05) is 31.5 Å². The summed E-state index contributed by atoms with van der Waals surface area (Å²) in [5.74, 6) is 1.13. The zero-order chi connectivity index (χ0) is 22.9. The zero-order valence-electron chi connectivity index (χ0n) is 18.9. The number of methoxy groups -OCH3 is 1. The van der Waals surface area contributed by atoms with Crippen molar-refractivity contribution in [1.29, 1.82) is 0 Å². The number of ether oxygens (including phenoxy) is 2. The quantitative estimate of drug-likeness (QED) is 0.579. The summed E-state index contributed by atoms with van der Waals surface area (Å²) >= 11 is 0. The SMILES string of the molecule is COc1ncc(N2CCc3ncnc(OC4CCN(C(=O)c5conc5C)C4)c3C2)cc1C. The normalized spacial score (nSPS) is 17.7. The maximum Gasteiger partial charge on any atom is 0.259 e. The number of hydrogen-bond donors (Lipinski definition) is 0. The second kappa shape index (κ2) is 8.68. The Bertz CT molecular complexity index is 1180. The summed E-state index contributed by atoms with van der Waals surface area (Å²) in [6.07, 6.45) is 6.18. The Morgan fingerprint density at radius 3 is 2.82 bits per heavy atom. The fourth-order valence-electron chi connectivity index (χ4n) is 4.41. The smallest absolute Gasteiger partial charge is 0.259 e. The molecule has 1 unspecified atom stereocenters. The van der Waals surface area contributed by atoms with Crippen LogP contribution in [0.3, 0.4) is 0 Å². The maximum atomic E-state index is 12.8. The molecule has 0 aliphatic carbocycles. The van der Waals surface area contributed by atoms with Gasteiger partial charge in [-0.1, -0.05) is 5.16 Å². The lowest BCUT2D eigenvalue weighted by molar-refractivity contribution is 0.0769. The number of rotatable bonds is 5. The minimum Gasteiger partial charge on any atom is -0.481 e. The first-order valence-electron chi connectivity index (χ1n) is 11.0. The van der Waals surface area contributed by atoms with Crippen molar-refractivity contribution in [1.82, 2.24) is 25.0 Å². The maximum absolute atomic E-state index is 12.8. The Labute approximate surface area is 191 Å². The van der Waals surface area contributed by atoms with Crippen LogP contribution in [-0.4, -0.2) is 63.8 Å². The molecule has 1 fully saturated rings. The van der Waals surface area contributed by atoms with Gasteiger partial charge in [-0.05, 0) is 19.9 Å². The molecule has 0 aromatic carbocycles. The van der Waals surface area contributed by atoms with Crippen LogP contribution in [0.2, 0.25) is 0 Å². The molecular weight excluding hydrogens is 424 g/mol. The highest BCUT2D eigenvalue weighted by Gasteiger charge is 2.32. The molecule has 0 N–H and O–H groups in total. The Morgan fingerprint density at radius 2 is 2.06 bits per heavy atom. The number of fused-ring (bicyclic) bond motifs is 1. The van der Waals surface area contributed by atoms with Gasteiger partial charge in [0.25, 0.3) is 5.91 Å². The molecule has 3 aromatic heterocycles. The van der Waals surface area contributed by atoms with Crippen molar-refractivity contribution >= 4 is 11.6 Å². The minimum absolute atomic E-state index is 0.0851. The number of likely N-dealkylation sites (tertiary alicyclic amines) is 1. The number of anilines is 1. The van der Waals surface area contributed by atoms with Crippen molar-refractivity contribution in [2.75, 3.05) is 31.6 Å². The largest absolute Gasteiger partial charge is 0.481 e. The highest BCUT2D eigenvalue weighted by atomic mass is 16.5. The molecule has 0 bridgehead atoms. The van der Waals surface area contributed by atoms with E-state index in [9.17, 15) is 4.79 Å². The monoisotopic (exact) mass is 450 g/mol. The van der Waals surface area contributed by atoms with Gasteiger partial charge in [0.05, 0.1) is 49.0 Å². The molecule has 2 aliphatic heterocycles. The molecule has 0 saturated carbocycles. The molecule has 33 heavy (non-hydrogen) atoms. The summed E-state index contributed by atoms with van der Waals surface area (Å²) < 4.78 is 16.5. The van der Waals surface area contributed by atoms with E-state index in [1.54, 1.807) is 25.3 Å². The first-order valence-corrected chi connectivity index (χ1v) is 11.0. The van der Waals surface area contributed by atoms with Crippen LogP contribution in [0.25, 0.3) is 0 Å². The van der Waals surface area contributed by atoms with Crippen molar-refractivity contribution in [2.45, 2.75) is 39.3 Å². The van der Waals surface area contributed by atoms with Crippen molar-refractivity contribution in [3.63, 3.8) is 0 Å². The molecule has 0 spiro atoms. The van der Waals surface area contributed by atoms with Gasteiger partial charge in [-0.15, -0.1) is 0 Å². The van der Waals surface area contributed by atoms with Gasteiger partial charge in [-0.2, -0.15) is 0 Å². The van der Waals surface area contributed by atoms with Gasteiger partial charge in [-0.3, -0.25) is 4.79 Å². The lowest BCUT2D eigenvalue weighted by Gasteiger charge is -2.31. The second-order valence-corrected chi connectivity index (χ2v) is 8.39. The van der Waals surface area contributed by atoms with Crippen LogP contribution in [0.4, 0.5) is 5.69 Å². The summed E-state index contributed by atoms with van der Waals surface area (Å²) in [6.45, 7) is 6.32. The molecule has 1 saturated heterocycles. The first-order chi connectivity index (χ1) is 16.0. The van der Waals surface area contributed by atoms with Gasteiger partial charge in [-0.25, -0.2) is 15.0 Å². The van der Waals surface area contributed by atoms with Crippen molar-refractivity contribution in [3.05, 3.63) is 52.9 Å². The van der Waals surface area contributed by atoms with Crippen molar-refractivity contribution < 1.29 is 18.8 Å². The Kier molecular flexibility index (Phi) is 5.57. The summed E-state index contributed by atoms with van der Waals surface area (Å²) in [5, 5.41) is 3.80. The zero-order valence-corrected chi connectivity index (χ0v) is 18.9. The molecule has 3 aromatic rings. The number of aryl methyl sites for hydroxylation is 2. The van der Waals surface area contributed by atoms with E-state index in [1.165, 1.54) is 6.26 Å². The molecule has 1 amide bonds. The molecule has 10 heteroatoms. The number of amides is 1. The summed E-state index contributed by atoms with van der Waals surface area (Å²) in [6, 6.07) is 2.08. The molecule has 10 nitrogen and oxygen atoms in total.